The number of nitrogens with zero attached hydrogens (tertiary/aromatic N) is 2. The Morgan fingerprint density at radius 2 is 2.08 bits per heavy atom. The van der Waals surface area contributed by atoms with Gasteiger partial charge < -0.3 is 33.2 Å². The maximum atomic E-state index is 12.3. The second-order valence-electron chi connectivity index (χ2n) is 5.12. The third-order valence-corrected chi connectivity index (χ3v) is 3.36. The average Bonchev–Trinajstić information content (AvgIpc) is 2.58. The quantitative estimate of drug-likeness (QED) is 0.386. The topological polar surface area (TPSA) is 157 Å². The van der Waals surface area contributed by atoms with Crippen LogP contribution in [0.15, 0.2) is 35.9 Å². The van der Waals surface area contributed by atoms with Gasteiger partial charge in [-0.05, 0) is 18.9 Å². The second-order valence-corrected chi connectivity index (χ2v) is 5.12. The van der Waals surface area contributed by atoms with E-state index in [0.29, 0.717) is 42.4 Å². The van der Waals surface area contributed by atoms with Crippen molar-refractivity contribution in [1.82, 2.24) is 15.3 Å². The smallest absolute Gasteiger partial charge is 0.256 e. The van der Waals surface area contributed by atoms with Gasteiger partial charge in [-0.1, -0.05) is 0 Å². The van der Waals surface area contributed by atoms with Crippen molar-refractivity contribution < 1.29 is 4.79 Å². The second kappa shape index (κ2) is 7.86. The molecule has 2 bridgehead atoms. The summed E-state index contributed by atoms with van der Waals surface area (Å²) in [6.07, 6.45) is 5.63. The molecule has 9 N–H and O–H groups in total. The van der Waals surface area contributed by atoms with Gasteiger partial charge in [0.25, 0.3) is 5.91 Å². The van der Waals surface area contributed by atoms with Crippen LogP contribution in [-0.2, 0) is 4.79 Å². The predicted molar refractivity (Wildman–Crippen MR) is 94.2 cm³/mol. The maximum Gasteiger partial charge on any atom is 0.256 e. The maximum absolute atomic E-state index is 12.3. The fourth-order valence-electron chi connectivity index (χ4n) is 2.15. The predicted octanol–water partition coefficient (Wildman–Crippen LogP) is -0.217. The van der Waals surface area contributed by atoms with Gasteiger partial charge in [-0.15, -0.1) is 0 Å². The highest BCUT2D eigenvalue weighted by Gasteiger charge is 2.17. The number of carbonyl (C=O) groups is 1. The van der Waals surface area contributed by atoms with Gasteiger partial charge in [-0.25, -0.2) is 9.97 Å². The Bertz CT molecular complexity index is 707. The molecule has 2 heterocycles. The van der Waals surface area contributed by atoms with Crippen LogP contribution >= 0.6 is 0 Å². The van der Waals surface area contributed by atoms with Gasteiger partial charge in [-0.2, -0.15) is 0 Å². The first-order valence-corrected chi connectivity index (χ1v) is 7.49. The molecule has 1 aromatic heterocycles. The van der Waals surface area contributed by atoms with Gasteiger partial charge in [0.2, 0.25) is 0 Å². The molecule has 0 radical (unpaired) electrons. The highest BCUT2D eigenvalue weighted by molar-refractivity contribution is 6.18. The van der Waals surface area contributed by atoms with E-state index in [2.05, 4.69) is 25.9 Å². The van der Waals surface area contributed by atoms with E-state index in [1.165, 1.54) is 12.4 Å². The Kier molecular flexibility index (Phi) is 5.61. The Morgan fingerprint density at radius 1 is 1.29 bits per heavy atom. The third kappa shape index (κ3) is 4.15. The van der Waals surface area contributed by atoms with Crippen LogP contribution in [0.4, 0.5) is 11.6 Å². The molecule has 0 aliphatic carbocycles. The first kappa shape index (κ1) is 17.1. The van der Waals surface area contributed by atoms with E-state index >= 15 is 0 Å². The summed E-state index contributed by atoms with van der Waals surface area (Å²) in [5, 5.41) is 8.76. The summed E-state index contributed by atoms with van der Waals surface area (Å²) in [6.45, 7) is 0.457. The Labute approximate surface area is 140 Å². The Hall–Kier alpha value is -3.23. The van der Waals surface area contributed by atoms with E-state index in [1.807, 2.05) is 0 Å². The Morgan fingerprint density at radius 3 is 2.75 bits per heavy atom. The highest BCUT2D eigenvalue weighted by Crippen LogP contribution is 2.19. The van der Waals surface area contributed by atoms with Crippen LogP contribution in [0.25, 0.3) is 5.57 Å². The lowest BCUT2D eigenvalue weighted by atomic mass is 10.2. The minimum absolute atomic E-state index is 0.189. The highest BCUT2D eigenvalue weighted by atomic mass is 16.1. The molecule has 9 nitrogen and oxygen atoms in total. The summed E-state index contributed by atoms with van der Waals surface area (Å²) in [5.74, 6) is 0.847. The number of anilines is 2. The zero-order valence-corrected chi connectivity index (χ0v) is 13.5. The lowest BCUT2D eigenvalue weighted by Gasteiger charge is -2.11. The van der Waals surface area contributed by atoms with Crippen molar-refractivity contribution in [2.45, 2.75) is 12.8 Å². The van der Waals surface area contributed by atoms with Crippen molar-refractivity contribution >= 4 is 23.1 Å². The molecule has 2 rings (SSSR count). The first-order valence-electron chi connectivity index (χ1n) is 7.49. The van der Waals surface area contributed by atoms with Gasteiger partial charge in [-0.3, -0.25) is 4.79 Å². The fraction of sp³-hybridized carbons (Fsp3) is 0.267. The van der Waals surface area contributed by atoms with E-state index in [1.54, 1.807) is 19.2 Å². The van der Waals surface area contributed by atoms with Crippen molar-refractivity contribution in [1.29, 1.82) is 0 Å². The molecule has 0 aromatic carbocycles. The van der Waals surface area contributed by atoms with Crippen molar-refractivity contribution in [3.05, 3.63) is 41.8 Å². The number of nitrogens with two attached hydrogens (primary N) is 3. The van der Waals surface area contributed by atoms with Crippen LogP contribution in [0.5, 0.6) is 0 Å². The van der Waals surface area contributed by atoms with Crippen LogP contribution in [0, 0.1) is 0 Å². The summed E-state index contributed by atoms with van der Waals surface area (Å²) in [7, 11) is 1.72. The van der Waals surface area contributed by atoms with E-state index in [0.717, 1.165) is 0 Å². The number of nitrogens with one attached hydrogen (secondary N) is 3. The number of fused-ring (bicyclic) bond motifs is 2. The summed E-state index contributed by atoms with van der Waals surface area (Å²) < 4.78 is 0. The van der Waals surface area contributed by atoms with Gasteiger partial charge >= 0.3 is 0 Å². The van der Waals surface area contributed by atoms with Crippen molar-refractivity contribution in [2.75, 3.05) is 24.2 Å². The molecule has 1 aromatic rings. The van der Waals surface area contributed by atoms with Crippen LogP contribution in [-0.4, -0.2) is 29.5 Å². The van der Waals surface area contributed by atoms with Crippen LogP contribution < -0.4 is 33.2 Å². The SMILES string of the molecule is CNc1cc2nc(n1)/C(=C\N)C(=O)NCCC/C(N)=C/C(=C\N)N2. The molecule has 1 aliphatic rings. The van der Waals surface area contributed by atoms with E-state index < -0.39 is 0 Å². The molecular formula is C15H22N8O. The van der Waals surface area contributed by atoms with Gasteiger partial charge in [0.05, 0.1) is 11.3 Å². The molecule has 0 unspecified atom stereocenters. The minimum Gasteiger partial charge on any atom is -0.404 e. The molecule has 0 saturated carbocycles. The van der Waals surface area contributed by atoms with Crippen LogP contribution in [0.3, 0.4) is 0 Å². The van der Waals surface area contributed by atoms with Crippen LogP contribution in [0.1, 0.15) is 18.7 Å². The number of aromatic nitrogens is 2. The molecule has 0 atom stereocenters. The molecule has 1 amide bonds. The third-order valence-electron chi connectivity index (χ3n) is 3.36. The number of rotatable bonds is 1. The molecular weight excluding hydrogens is 308 g/mol. The summed E-state index contributed by atoms with van der Waals surface area (Å²) in [6, 6.07) is 1.68. The van der Waals surface area contributed by atoms with Crippen molar-refractivity contribution in [3.8, 4) is 0 Å². The molecule has 0 saturated heterocycles. The number of allylic oxidation sites excluding steroid dienone is 2. The molecule has 0 fully saturated rings. The standard InChI is InChI=1S/C15H22N8O/c1-19-12-6-13-21-10(7-16)5-9(18)3-2-4-20-15(24)11(8-17)14(22-12)23-13/h5-8H,2-4,16-18H2,1H3,(H,20,24)(H2,19,21,22,23)/b9-5-,10-7+,11-8+. The molecule has 24 heavy (non-hydrogen) atoms. The molecule has 1 aliphatic heterocycles. The van der Waals surface area contributed by atoms with E-state index in [4.69, 9.17) is 17.2 Å². The minimum atomic E-state index is -0.340. The van der Waals surface area contributed by atoms with Gasteiger partial charge in [0, 0.05) is 37.8 Å². The van der Waals surface area contributed by atoms with Gasteiger partial charge in [0.1, 0.15) is 11.6 Å². The van der Waals surface area contributed by atoms with Crippen molar-refractivity contribution in [3.63, 3.8) is 0 Å². The fourth-order valence-corrected chi connectivity index (χ4v) is 2.15. The number of hydrogen-bond donors (Lipinski definition) is 6. The Balaban J connectivity index is 2.52. The molecule has 9 heteroatoms. The monoisotopic (exact) mass is 330 g/mol. The van der Waals surface area contributed by atoms with Crippen LogP contribution in [0.2, 0.25) is 0 Å². The summed E-state index contributed by atoms with van der Waals surface area (Å²) in [5.41, 5.74) is 18.7. The first-order chi connectivity index (χ1) is 11.6. The van der Waals surface area contributed by atoms with Crippen molar-refractivity contribution in [2.24, 2.45) is 17.2 Å². The van der Waals surface area contributed by atoms with E-state index in [9.17, 15) is 4.79 Å². The lowest BCUT2D eigenvalue weighted by molar-refractivity contribution is -0.115. The largest absolute Gasteiger partial charge is 0.404 e. The van der Waals surface area contributed by atoms with Gasteiger partial charge in [0.15, 0.2) is 5.82 Å². The number of amides is 1. The zero-order chi connectivity index (χ0) is 17.5. The molecule has 128 valence electrons. The summed E-state index contributed by atoms with van der Waals surface area (Å²) in [4.78, 5) is 20.9. The van der Waals surface area contributed by atoms with E-state index in [-0.39, 0.29) is 17.3 Å². The summed E-state index contributed by atoms with van der Waals surface area (Å²) >= 11 is 0. The normalized spacial score (nSPS) is 21.5. The zero-order valence-electron chi connectivity index (χ0n) is 13.5. The average molecular weight is 330 g/mol. The number of carbonyl (C=O) groups excluding carboxylic acids is 1. The molecule has 0 spiro atoms. The number of hydrogen-bond acceptors (Lipinski definition) is 8. The lowest BCUT2D eigenvalue weighted by Crippen LogP contribution is -2.27.